The molecule has 0 aromatic heterocycles. The van der Waals surface area contributed by atoms with Gasteiger partial charge in [0.2, 0.25) is 0 Å². The third kappa shape index (κ3) is 5.04. The monoisotopic (exact) mass is 208 g/mol. The van der Waals surface area contributed by atoms with E-state index in [2.05, 4.69) is 16.1 Å². The summed E-state index contributed by atoms with van der Waals surface area (Å²) < 4.78 is 0. The average Bonchev–Trinajstić information content (AvgIpc) is 2.13. The molecule has 0 aliphatic carbocycles. The lowest BCUT2D eigenvalue weighted by atomic mass is 9.78. The molecule has 1 atom stereocenters. The van der Waals surface area contributed by atoms with Crippen LogP contribution in [-0.2, 0) is 4.79 Å². The van der Waals surface area contributed by atoms with Gasteiger partial charge in [-0.1, -0.05) is 19.0 Å². The molecule has 0 aliphatic heterocycles. The summed E-state index contributed by atoms with van der Waals surface area (Å²) in [6, 6.07) is 1.69. The van der Waals surface area contributed by atoms with Crippen LogP contribution in [0.2, 0.25) is 0 Å². The van der Waals surface area contributed by atoms with E-state index in [1.165, 1.54) is 6.92 Å². The van der Waals surface area contributed by atoms with Crippen molar-refractivity contribution in [3.63, 3.8) is 0 Å². The summed E-state index contributed by atoms with van der Waals surface area (Å²) in [5, 5.41) is 12.1. The molecule has 0 spiro atoms. The van der Waals surface area contributed by atoms with Crippen molar-refractivity contribution >= 4 is 5.78 Å². The van der Waals surface area contributed by atoms with E-state index in [-0.39, 0.29) is 23.7 Å². The first kappa shape index (κ1) is 13.5. The van der Waals surface area contributed by atoms with E-state index in [9.17, 15) is 4.79 Å². The summed E-state index contributed by atoms with van der Waals surface area (Å²) in [5.74, 6) is -0.00238. The summed E-state index contributed by atoms with van der Waals surface area (Å²) in [6.07, 6.45) is 1.27. The maximum absolute atomic E-state index is 11.0. The molecule has 0 heterocycles. The molecule has 15 heavy (non-hydrogen) atoms. The predicted molar refractivity (Wildman–Crippen MR) is 56.9 cm³/mol. The van der Waals surface area contributed by atoms with Gasteiger partial charge in [0.05, 0.1) is 6.07 Å². The molecule has 0 aromatic carbocycles. The van der Waals surface area contributed by atoms with E-state index in [1.54, 1.807) is 0 Å². The van der Waals surface area contributed by atoms with Crippen molar-refractivity contribution in [3.8, 4) is 6.07 Å². The van der Waals surface area contributed by atoms with Crippen LogP contribution in [0.3, 0.4) is 0 Å². The Morgan fingerprint density at radius 1 is 1.67 bits per heavy atom. The molecule has 0 unspecified atom stereocenters. The van der Waals surface area contributed by atoms with E-state index in [1.807, 2.05) is 13.8 Å². The molecule has 0 amide bonds. The molecular weight excluding hydrogens is 192 g/mol. The second-order valence-electron chi connectivity index (χ2n) is 4.27. The minimum Gasteiger partial charge on any atom is -0.300 e. The molecular formula is C10H16N4O. The number of hydrogen-bond acceptors (Lipinski definition) is 3. The van der Waals surface area contributed by atoms with Crippen molar-refractivity contribution in [3.05, 3.63) is 10.4 Å². The maximum atomic E-state index is 11.0. The standard InChI is InChI=1S/C10H16N4O/c1-8(15)7-9(13-14-12)10(2,3)5-4-6-11/h9H,4-5,7H2,1-3H3/t9-/m0/s1. The molecule has 0 aliphatic rings. The van der Waals surface area contributed by atoms with Crippen molar-refractivity contribution in [2.45, 2.75) is 46.1 Å². The van der Waals surface area contributed by atoms with Crippen LogP contribution in [-0.4, -0.2) is 11.8 Å². The van der Waals surface area contributed by atoms with Crippen LogP contribution in [0.5, 0.6) is 0 Å². The highest BCUT2D eigenvalue weighted by atomic mass is 16.1. The number of rotatable bonds is 6. The van der Waals surface area contributed by atoms with Gasteiger partial charge in [0.1, 0.15) is 5.78 Å². The highest BCUT2D eigenvalue weighted by Gasteiger charge is 2.29. The summed E-state index contributed by atoms with van der Waals surface area (Å²) in [7, 11) is 0. The van der Waals surface area contributed by atoms with E-state index in [4.69, 9.17) is 10.8 Å². The number of nitrogens with zero attached hydrogens (tertiary/aromatic N) is 4. The molecule has 0 fully saturated rings. The minimum atomic E-state index is -0.367. The zero-order chi connectivity index (χ0) is 11.9. The van der Waals surface area contributed by atoms with Gasteiger partial charge in [0.25, 0.3) is 0 Å². The molecule has 0 N–H and O–H groups in total. The second-order valence-corrected chi connectivity index (χ2v) is 4.27. The van der Waals surface area contributed by atoms with Gasteiger partial charge in [0.15, 0.2) is 0 Å². The molecule has 82 valence electrons. The molecule has 0 saturated heterocycles. The Balaban J connectivity index is 4.65. The molecule has 0 bridgehead atoms. The van der Waals surface area contributed by atoms with Gasteiger partial charge in [-0.15, -0.1) is 0 Å². The smallest absolute Gasteiger partial charge is 0.130 e. The fourth-order valence-electron chi connectivity index (χ4n) is 1.35. The quantitative estimate of drug-likeness (QED) is 0.381. The van der Waals surface area contributed by atoms with Crippen molar-refractivity contribution in [1.29, 1.82) is 5.26 Å². The Bertz CT molecular complexity index is 310. The SMILES string of the molecule is CC(=O)C[C@H](N=[N+]=[N-])C(C)(C)CCC#N. The number of carbonyl (C=O) groups is 1. The average molecular weight is 208 g/mol. The van der Waals surface area contributed by atoms with Gasteiger partial charge in [0, 0.05) is 23.8 Å². The topological polar surface area (TPSA) is 89.6 Å². The molecule has 0 aromatic rings. The summed E-state index contributed by atoms with van der Waals surface area (Å²) >= 11 is 0. The van der Waals surface area contributed by atoms with Crippen LogP contribution in [0.1, 0.15) is 40.0 Å². The van der Waals surface area contributed by atoms with Gasteiger partial charge in [-0.25, -0.2) is 0 Å². The lowest BCUT2D eigenvalue weighted by Gasteiger charge is -2.29. The molecule has 5 heteroatoms. The molecule has 0 saturated carbocycles. The van der Waals surface area contributed by atoms with Gasteiger partial charge in [-0.05, 0) is 24.3 Å². The molecule has 5 nitrogen and oxygen atoms in total. The number of carbonyl (C=O) groups excluding carboxylic acids is 1. The summed E-state index contributed by atoms with van der Waals surface area (Å²) in [5.41, 5.74) is 8.11. The highest BCUT2D eigenvalue weighted by Crippen LogP contribution is 2.31. The number of azide groups is 1. The zero-order valence-corrected chi connectivity index (χ0v) is 9.40. The first-order valence-electron chi connectivity index (χ1n) is 4.84. The number of hydrogen-bond donors (Lipinski definition) is 0. The number of ketones is 1. The summed E-state index contributed by atoms with van der Waals surface area (Å²) in [4.78, 5) is 13.8. The van der Waals surface area contributed by atoms with E-state index in [0.29, 0.717) is 12.8 Å². The molecule has 0 rings (SSSR count). The normalized spacial score (nSPS) is 12.4. The Morgan fingerprint density at radius 3 is 2.67 bits per heavy atom. The largest absolute Gasteiger partial charge is 0.300 e. The Morgan fingerprint density at radius 2 is 2.27 bits per heavy atom. The lowest BCUT2D eigenvalue weighted by Crippen LogP contribution is -2.29. The van der Waals surface area contributed by atoms with Gasteiger partial charge in [-0.2, -0.15) is 5.26 Å². The van der Waals surface area contributed by atoms with Crippen LogP contribution >= 0.6 is 0 Å². The fourth-order valence-corrected chi connectivity index (χ4v) is 1.35. The van der Waals surface area contributed by atoms with Crippen molar-refractivity contribution in [1.82, 2.24) is 0 Å². The zero-order valence-electron chi connectivity index (χ0n) is 9.40. The maximum Gasteiger partial charge on any atom is 0.130 e. The third-order valence-electron chi connectivity index (χ3n) is 2.46. The van der Waals surface area contributed by atoms with Crippen LogP contribution in [0.4, 0.5) is 0 Å². The van der Waals surface area contributed by atoms with Crippen molar-refractivity contribution < 1.29 is 4.79 Å². The van der Waals surface area contributed by atoms with Crippen molar-refractivity contribution in [2.75, 3.05) is 0 Å². The summed E-state index contributed by atoms with van der Waals surface area (Å²) in [6.45, 7) is 5.29. The first-order chi connectivity index (χ1) is 6.94. The van der Waals surface area contributed by atoms with E-state index in [0.717, 1.165) is 0 Å². The van der Waals surface area contributed by atoms with Gasteiger partial charge >= 0.3 is 0 Å². The van der Waals surface area contributed by atoms with E-state index >= 15 is 0 Å². The Labute approximate surface area is 89.7 Å². The van der Waals surface area contributed by atoms with Crippen LogP contribution in [0.15, 0.2) is 5.11 Å². The fraction of sp³-hybridized carbons (Fsp3) is 0.800. The number of Topliss-reactive ketones (excluding diaryl/α,β-unsaturated/α-hetero) is 1. The van der Waals surface area contributed by atoms with Gasteiger partial charge < -0.3 is 4.79 Å². The van der Waals surface area contributed by atoms with Crippen LogP contribution < -0.4 is 0 Å². The Hall–Kier alpha value is -1.53. The molecule has 0 radical (unpaired) electrons. The minimum absolute atomic E-state index is 0.00238. The van der Waals surface area contributed by atoms with Crippen molar-refractivity contribution in [2.24, 2.45) is 10.5 Å². The second kappa shape index (κ2) is 6.05. The van der Waals surface area contributed by atoms with Crippen LogP contribution in [0.25, 0.3) is 10.4 Å². The van der Waals surface area contributed by atoms with Gasteiger partial charge in [-0.3, -0.25) is 0 Å². The lowest BCUT2D eigenvalue weighted by molar-refractivity contribution is -0.117. The Kier molecular flexibility index (Phi) is 5.43. The first-order valence-corrected chi connectivity index (χ1v) is 4.84. The van der Waals surface area contributed by atoms with Crippen LogP contribution in [0, 0.1) is 16.7 Å². The van der Waals surface area contributed by atoms with E-state index < -0.39 is 0 Å². The predicted octanol–water partition coefficient (Wildman–Crippen LogP) is 2.97. The number of nitriles is 1. The highest BCUT2D eigenvalue weighted by molar-refractivity contribution is 5.76. The third-order valence-corrected chi connectivity index (χ3v) is 2.46.